The molecule has 0 fully saturated rings. The Bertz CT molecular complexity index is 1020. The number of rotatable bonds is 19. The van der Waals surface area contributed by atoms with Crippen LogP contribution in [-0.4, -0.2) is 11.4 Å². The van der Waals surface area contributed by atoms with E-state index in [0.717, 1.165) is 99.8 Å². The molecule has 0 radical (unpaired) electrons. The maximum Gasteiger partial charge on any atom is 0.0848 e. The average Bonchev–Trinajstić information content (AvgIpc) is 2.91. The molecule has 0 aromatic heterocycles. The van der Waals surface area contributed by atoms with Crippen molar-refractivity contribution < 1.29 is 16.5 Å². The maximum atomic E-state index is 5.35. The van der Waals surface area contributed by atoms with Gasteiger partial charge >= 0.3 is 0 Å². The topological polar surface area (TPSA) is 24.7 Å². The maximum absolute atomic E-state index is 5.35. The second-order valence-corrected chi connectivity index (χ2v) is 11.1. The van der Waals surface area contributed by atoms with E-state index in [1.54, 1.807) is 0 Å². The number of unbranched alkanes of at least 4 members (excludes halogenated alkanes) is 4. The van der Waals surface area contributed by atoms with Crippen LogP contribution in [-0.2, 0) is 42.2 Å². The third-order valence-electron chi connectivity index (χ3n) is 7.06. The molecule has 0 spiro atoms. The SMILES string of the molecule is CCCCC/C=C/C(=Nc1cc(CCC)cc(CCC)c1)C(CCCC)=Nc1cc(CCC)cc(CCC)c1.[Ni]. The third-order valence-corrected chi connectivity index (χ3v) is 7.06. The van der Waals surface area contributed by atoms with Gasteiger partial charge in [0.1, 0.15) is 0 Å². The van der Waals surface area contributed by atoms with Crippen molar-refractivity contribution >= 4 is 22.8 Å². The molecule has 2 rings (SSSR count). The number of aliphatic imine (C=N–C) groups is 2. The van der Waals surface area contributed by atoms with Crippen molar-refractivity contribution in [1.29, 1.82) is 0 Å². The minimum absolute atomic E-state index is 0. The molecule has 0 bridgehead atoms. The molecule has 0 aliphatic rings. The molecule has 3 heteroatoms. The van der Waals surface area contributed by atoms with Crippen LogP contribution < -0.4 is 0 Å². The minimum Gasteiger partial charge on any atom is -0.251 e. The number of aryl methyl sites for hydroxylation is 4. The van der Waals surface area contributed by atoms with Gasteiger partial charge in [-0.05, 0) is 104 Å². The van der Waals surface area contributed by atoms with Crippen molar-refractivity contribution in [2.45, 2.75) is 138 Å². The number of nitrogens with zero attached hydrogens (tertiary/aromatic N) is 2. The fraction of sp³-hybridized carbons (Fsp3) is 0.568. The number of hydrogen-bond acceptors (Lipinski definition) is 2. The number of hydrogen-bond donors (Lipinski definition) is 0. The fourth-order valence-electron chi connectivity index (χ4n) is 5.13. The molecule has 0 aliphatic carbocycles. The number of benzene rings is 2. The van der Waals surface area contributed by atoms with Crippen molar-refractivity contribution in [3.8, 4) is 0 Å². The summed E-state index contributed by atoms with van der Waals surface area (Å²) in [6.45, 7) is 13.6. The molecule has 0 saturated carbocycles. The fourth-order valence-corrected chi connectivity index (χ4v) is 5.13. The molecular weight excluding hydrogens is 531 g/mol. The van der Waals surface area contributed by atoms with Crippen LogP contribution in [0, 0.1) is 0 Å². The Labute approximate surface area is 257 Å². The zero-order valence-electron chi connectivity index (χ0n) is 26.4. The van der Waals surface area contributed by atoms with Gasteiger partial charge in [-0.3, -0.25) is 4.99 Å². The van der Waals surface area contributed by atoms with Gasteiger partial charge in [0.15, 0.2) is 0 Å². The summed E-state index contributed by atoms with van der Waals surface area (Å²) >= 11 is 0. The predicted molar refractivity (Wildman–Crippen MR) is 176 cm³/mol. The van der Waals surface area contributed by atoms with Crippen molar-refractivity contribution in [3.05, 3.63) is 70.8 Å². The third kappa shape index (κ3) is 13.6. The Morgan fingerprint density at radius 1 is 0.550 bits per heavy atom. The van der Waals surface area contributed by atoms with Gasteiger partial charge in [-0.15, -0.1) is 0 Å². The van der Waals surface area contributed by atoms with Gasteiger partial charge in [0.2, 0.25) is 0 Å². The summed E-state index contributed by atoms with van der Waals surface area (Å²) in [5.74, 6) is 0. The predicted octanol–water partition coefficient (Wildman–Crippen LogP) is 11.7. The molecule has 224 valence electrons. The smallest absolute Gasteiger partial charge is 0.0848 e. The minimum atomic E-state index is 0. The average molecular weight is 588 g/mol. The van der Waals surface area contributed by atoms with E-state index in [0.29, 0.717) is 0 Å². The summed E-state index contributed by atoms with van der Waals surface area (Å²) in [5.41, 5.74) is 9.94. The van der Waals surface area contributed by atoms with Gasteiger partial charge in [0.25, 0.3) is 0 Å². The molecule has 0 saturated heterocycles. The molecule has 0 amide bonds. The van der Waals surface area contributed by atoms with Crippen LogP contribution in [0.15, 0.2) is 58.5 Å². The Morgan fingerprint density at radius 3 is 1.43 bits per heavy atom. The van der Waals surface area contributed by atoms with Crippen LogP contribution in [0.3, 0.4) is 0 Å². The van der Waals surface area contributed by atoms with Gasteiger partial charge in [0.05, 0.1) is 22.8 Å². The first-order valence-electron chi connectivity index (χ1n) is 16.1. The Morgan fingerprint density at radius 2 is 1.00 bits per heavy atom. The summed E-state index contributed by atoms with van der Waals surface area (Å²) in [5, 5.41) is 0. The molecule has 0 heterocycles. The van der Waals surface area contributed by atoms with E-state index in [2.05, 4.69) is 90.1 Å². The largest absolute Gasteiger partial charge is 0.251 e. The van der Waals surface area contributed by atoms with Crippen molar-refractivity contribution in [2.24, 2.45) is 9.98 Å². The Balaban J connectivity index is 0.00000800. The molecule has 2 aromatic carbocycles. The zero-order chi connectivity index (χ0) is 28.3. The van der Waals surface area contributed by atoms with E-state index < -0.39 is 0 Å². The Kier molecular flexibility index (Phi) is 19.6. The van der Waals surface area contributed by atoms with Gasteiger partial charge < -0.3 is 0 Å². The van der Waals surface area contributed by atoms with Crippen LogP contribution in [0.25, 0.3) is 0 Å². The van der Waals surface area contributed by atoms with E-state index in [4.69, 9.17) is 9.98 Å². The van der Waals surface area contributed by atoms with Gasteiger partial charge in [-0.1, -0.05) is 105 Å². The van der Waals surface area contributed by atoms with E-state index in [1.807, 2.05) is 0 Å². The van der Waals surface area contributed by atoms with Gasteiger partial charge in [-0.25, -0.2) is 4.99 Å². The summed E-state index contributed by atoms with van der Waals surface area (Å²) < 4.78 is 0. The number of allylic oxidation sites excluding steroid dienone is 2. The molecule has 0 N–H and O–H groups in total. The molecule has 0 unspecified atom stereocenters. The second-order valence-electron chi connectivity index (χ2n) is 11.1. The first kappa shape index (κ1) is 36.0. The summed E-state index contributed by atoms with van der Waals surface area (Å²) in [4.78, 5) is 10.7. The first-order valence-corrected chi connectivity index (χ1v) is 16.1. The molecule has 0 aliphatic heterocycles. The second kappa shape index (κ2) is 21.7. The van der Waals surface area contributed by atoms with Crippen LogP contribution >= 0.6 is 0 Å². The normalized spacial score (nSPS) is 12.2. The summed E-state index contributed by atoms with van der Waals surface area (Å²) in [6, 6.07) is 14.0. The summed E-state index contributed by atoms with van der Waals surface area (Å²) in [7, 11) is 0. The monoisotopic (exact) mass is 586 g/mol. The van der Waals surface area contributed by atoms with Crippen LogP contribution in [0.5, 0.6) is 0 Å². The molecular formula is C37H56N2Ni. The molecule has 2 nitrogen and oxygen atoms in total. The first-order chi connectivity index (χ1) is 19.1. The van der Waals surface area contributed by atoms with Crippen molar-refractivity contribution in [3.63, 3.8) is 0 Å². The standard InChI is InChI=1S/C37H56N2.Ni/c1-7-13-15-16-17-23-37(39-35-28-32(20-11-5)25-33(29-35)21-12-6)36(22-14-8-2)38-34-26-30(18-9-3)24-31(27-34)19-10-4;/h17,23-29H,7-16,18-22H2,1-6H3;/b23-17+,38-36?,39-37?;. The van der Waals surface area contributed by atoms with E-state index in [1.165, 1.54) is 41.5 Å². The van der Waals surface area contributed by atoms with Gasteiger partial charge in [0, 0.05) is 16.5 Å². The van der Waals surface area contributed by atoms with Gasteiger partial charge in [-0.2, -0.15) is 0 Å². The van der Waals surface area contributed by atoms with Crippen molar-refractivity contribution in [2.75, 3.05) is 0 Å². The Hall–Kier alpha value is -1.99. The van der Waals surface area contributed by atoms with E-state index in [-0.39, 0.29) is 16.5 Å². The summed E-state index contributed by atoms with van der Waals surface area (Å²) in [6.07, 6.45) is 21.7. The zero-order valence-corrected chi connectivity index (χ0v) is 27.4. The molecule has 40 heavy (non-hydrogen) atoms. The molecule has 0 atom stereocenters. The van der Waals surface area contributed by atoms with E-state index >= 15 is 0 Å². The molecule has 2 aromatic rings. The van der Waals surface area contributed by atoms with E-state index in [9.17, 15) is 0 Å². The van der Waals surface area contributed by atoms with Crippen molar-refractivity contribution in [1.82, 2.24) is 0 Å². The van der Waals surface area contributed by atoms with Crippen LogP contribution in [0.1, 0.15) is 134 Å². The van der Waals surface area contributed by atoms with Crippen LogP contribution in [0.2, 0.25) is 0 Å². The van der Waals surface area contributed by atoms with Crippen LogP contribution in [0.4, 0.5) is 11.4 Å². The quantitative estimate of drug-likeness (QED) is 0.0887.